The lowest BCUT2D eigenvalue weighted by molar-refractivity contribution is -0.140. The van der Waals surface area contributed by atoms with Crippen molar-refractivity contribution < 1.29 is 19.4 Å². The first-order chi connectivity index (χ1) is 9.51. The summed E-state index contributed by atoms with van der Waals surface area (Å²) in [5, 5.41) is 9.35. The smallest absolute Gasteiger partial charge is 0.327 e. The normalized spacial score (nSPS) is 18.6. The van der Waals surface area contributed by atoms with Crippen molar-refractivity contribution >= 4 is 17.6 Å². The zero-order chi connectivity index (χ0) is 14.9. The average Bonchev–Trinajstić information content (AvgIpc) is 2.84. The Bertz CT molecular complexity index is 544. The van der Waals surface area contributed by atoms with Gasteiger partial charge in [0, 0.05) is 12.0 Å². The van der Waals surface area contributed by atoms with Crippen LogP contribution < -0.4 is 15.4 Å². The monoisotopic (exact) mass is 278 g/mol. The predicted octanol–water partition coefficient (Wildman–Crippen LogP) is 0.775. The summed E-state index contributed by atoms with van der Waals surface area (Å²) in [7, 11) is 1.52. The molecule has 6 heteroatoms. The summed E-state index contributed by atoms with van der Waals surface area (Å²) in [6, 6.07) is 3.59. The quantitative estimate of drug-likeness (QED) is 0.848. The Morgan fingerprint density at radius 2 is 2.25 bits per heavy atom. The van der Waals surface area contributed by atoms with Gasteiger partial charge in [0.15, 0.2) is 0 Å². The molecule has 1 unspecified atom stereocenters. The summed E-state index contributed by atoms with van der Waals surface area (Å²) >= 11 is 0. The van der Waals surface area contributed by atoms with E-state index in [1.807, 2.05) is 0 Å². The second kappa shape index (κ2) is 5.50. The maximum atomic E-state index is 12.4. The van der Waals surface area contributed by atoms with Crippen LogP contribution in [0.1, 0.15) is 18.9 Å². The van der Waals surface area contributed by atoms with Gasteiger partial charge in [-0.15, -0.1) is 0 Å². The number of methoxy groups -OCH3 is 1. The molecule has 0 fully saturated rings. The Hall–Kier alpha value is -2.08. The average molecular weight is 278 g/mol. The van der Waals surface area contributed by atoms with Crippen molar-refractivity contribution in [3.05, 3.63) is 23.8 Å². The van der Waals surface area contributed by atoms with Crippen LogP contribution in [0.4, 0.5) is 5.69 Å². The molecule has 1 amide bonds. The molecule has 3 N–H and O–H groups in total. The Morgan fingerprint density at radius 1 is 1.55 bits per heavy atom. The molecule has 20 heavy (non-hydrogen) atoms. The fourth-order valence-corrected chi connectivity index (χ4v) is 2.45. The number of amides is 1. The highest BCUT2D eigenvalue weighted by molar-refractivity contribution is 6.04. The Labute approximate surface area is 117 Å². The van der Waals surface area contributed by atoms with Gasteiger partial charge in [-0.05, 0) is 18.6 Å². The molecule has 1 aromatic carbocycles. The van der Waals surface area contributed by atoms with Gasteiger partial charge in [0.05, 0.1) is 18.8 Å². The Kier molecular flexibility index (Phi) is 3.94. The number of ether oxygens (including phenoxy) is 1. The minimum Gasteiger partial charge on any atom is -0.496 e. The van der Waals surface area contributed by atoms with E-state index in [1.54, 1.807) is 25.1 Å². The van der Waals surface area contributed by atoms with Crippen LogP contribution >= 0.6 is 0 Å². The number of nitrogens with zero attached hydrogens (tertiary/aromatic N) is 1. The first kappa shape index (κ1) is 14.3. The van der Waals surface area contributed by atoms with Gasteiger partial charge in [0.1, 0.15) is 11.8 Å². The molecule has 0 spiro atoms. The number of hydrogen-bond acceptors (Lipinski definition) is 4. The van der Waals surface area contributed by atoms with Crippen molar-refractivity contribution in [2.24, 2.45) is 5.73 Å². The summed E-state index contributed by atoms with van der Waals surface area (Å²) in [6.07, 6.45) is 0.692. The minimum atomic E-state index is -1.04. The number of carboxylic acid groups (broad SMARTS) is 1. The molecule has 0 radical (unpaired) electrons. The van der Waals surface area contributed by atoms with Crippen LogP contribution in [-0.4, -0.2) is 36.2 Å². The molecule has 0 aromatic heterocycles. The molecular formula is C14H18N2O4. The van der Waals surface area contributed by atoms with E-state index < -0.39 is 18.1 Å². The third-order valence-electron chi connectivity index (χ3n) is 3.58. The number of aliphatic carboxylic acids is 1. The number of carboxylic acids is 1. The lowest BCUT2D eigenvalue weighted by Gasteiger charge is -2.25. The molecular weight excluding hydrogens is 260 g/mol. The highest BCUT2D eigenvalue weighted by atomic mass is 16.5. The van der Waals surface area contributed by atoms with E-state index in [9.17, 15) is 14.7 Å². The summed E-state index contributed by atoms with van der Waals surface area (Å²) in [5.41, 5.74) is 7.08. The van der Waals surface area contributed by atoms with Crippen molar-refractivity contribution in [2.75, 3.05) is 12.0 Å². The lowest BCUT2D eigenvalue weighted by atomic mass is 10.1. The number of benzene rings is 1. The van der Waals surface area contributed by atoms with E-state index in [4.69, 9.17) is 10.5 Å². The second-order valence-electron chi connectivity index (χ2n) is 4.74. The van der Waals surface area contributed by atoms with Crippen molar-refractivity contribution in [1.29, 1.82) is 0 Å². The van der Waals surface area contributed by atoms with E-state index in [0.29, 0.717) is 17.9 Å². The molecule has 0 saturated carbocycles. The van der Waals surface area contributed by atoms with Crippen molar-refractivity contribution in [3.8, 4) is 5.75 Å². The Morgan fingerprint density at radius 3 is 2.80 bits per heavy atom. The van der Waals surface area contributed by atoms with Crippen LogP contribution in [0, 0.1) is 0 Å². The largest absolute Gasteiger partial charge is 0.496 e. The SMILES string of the molecule is CC[C@H](N)C(=O)N1c2cccc(OC)c2CC1C(=O)O. The fourth-order valence-electron chi connectivity index (χ4n) is 2.45. The van der Waals surface area contributed by atoms with Crippen LogP contribution in [0.5, 0.6) is 5.75 Å². The molecule has 1 aliphatic rings. The molecule has 2 rings (SSSR count). The van der Waals surface area contributed by atoms with Gasteiger partial charge in [0.25, 0.3) is 0 Å². The zero-order valence-electron chi connectivity index (χ0n) is 11.5. The molecule has 1 heterocycles. The van der Waals surface area contributed by atoms with Crippen molar-refractivity contribution in [1.82, 2.24) is 0 Å². The standard InChI is InChI=1S/C14H18N2O4/c1-3-9(15)13(17)16-10-5-4-6-12(20-2)8(10)7-11(16)14(18)19/h4-6,9,11H,3,7,15H2,1-2H3,(H,18,19)/t9-,11?/m0/s1. The molecule has 1 aliphatic heterocycles. The van der Waals surface area contributed by atoms with Gasteiger partial charge in [-0.1, -0.05) is 13.0 Å². The van der Waals surface area contributed by atoms with Gasteiger partial charge >= 0.3 is 5.97 Å². The molecule has 0 saturated heterocycles. The second-order valence-corrected chi connectivity index (χ2v) is 4.74. The molecule has 0 bridgehead atoms. The third kappa shape index (κ3) is 2.22. The number of anilines is 1. The van der Waals surface area contributed by atoms with Crippen LogP contribution in [0.2, 0.25) is 0 Å². The van der Waals surface area contributed by atoms with Crippen LogP contribution in [0.3, 0.4) is 0 Å². The summed E-state index contributed by atoms with van der Waals surface area (Å²) in [4.78, 5) is 25.1. The first-order valence-corrected chi connectivity index (χ1v) is 6.48. The summed E-state index contributed by atoms with van der Waals surface area (Å²) in [6.45, 7) is 1.79. The number of fused-ring (bicyclic) bond motifs is 1. The zero-order valence-corrected chi connectivity index (χ0v) is 11.5. The lowest BCUT2D eigenvalue weighted by Crippen LogP contribution is -2.49. The number of rotatable bonds is 4. The van der Waals surface area contributed by atoms with Gasteiger partial charge in [-0.3, -0.25) is 9.69 Å². The fraction of sp³-hybridized carbons (Fsp3) is 0.429. The number of nitrogens with two attached hydrogens (primary N) is 1. The molecule has 1 aromatic rings. The van der Waals surface area contributed by atoms with Crippen molar-refractivity contribution in [3.63, 3.8) is 0 Å². The van der Waals surface area contributed by atoms with Gasteiger partial charge < -0.3 is 15.6 Å². The molecule has 108 valence electrons. The minimum absolute atomic E-state index is 0.233. The van der Waals surface area contributed by atoms with Crippen LogP contribution in [-0.2, 0) is 16.0 Å². The summed E-state index contributed by atoms with van der Waals surface area (Å²) in [5.74, 6) is -0.819. The van der Waals surface area contributed by atoms with Crippen LogP contribution in [0.25, 0.3) is 0 Å². The summed E-state index contributed by atoms with van der Waals surface area (Å²) < 4.78 is 5.24. The van der Waals surface area contributed by atoms with Gasteiger partial charge in [0.2, 0.25) is 5.91 Å². The number of carbonyl (C=O) groups excluding carboxylic acids is 1. The molecule has 2 atom stereocenters. The van der Waals surface area contributed by atoms with Gasteiger partial charge in [-0.25, -0.2) is 4.79 Å². The van der Waals surface area contributed by atoms with E-state index in [1.165, 1.54) is 12.0 Å². The van der Waals surface area contributed by atoms with E-state index in [-0.39, 0.29) is 12.3 Å². The maximum Gasteiger partial charge on any atom is 0.327 e. The Balaban J connectivity index is 2.48. The highest BCUT2D eigenvalue weighted by Crippen LogP contribution is 2.38. The third-order valence-corrected chi connectivity index (χ3v) is 3.58. The van der Waals surface area contributed by atoms with Gasteiger partial charge in [-0.2, -0.15) is 0 Å². The number of carbonyl (C=O) groups is 2. The predicted molar refractivity (Wildman–Crippen MR) is 73.9 cm³/mol. The van der Waals surface area contributed by atoms with Crippen molar-refractivity contribution in [2.45, 2.75) is 31.8 Å². The molecule has 6 nitrogen and oxygen atoms in total. The molecule has 0 aliphatic carbocycles. The first-order valence-electron chi connectivity index (χ1n) is 6.48. The van der Waals surface area contributed by atoms with E-state index in [2.05, 4.69) is 0 Å². The van der Waals surface area contributed by atoms with E-state index >= 15 is 0 Å². The topological polar surface area (TPSA) is 92.9 Å². The van der Waals surface area contributed by atoms with E-state index in [0.717, 1.165) is 5.56 Å². The number of hydrogen-bond donors (Lipinski definition) is 2. The maximum absolute atomic E-state index is 12.4. The highest BCUT2D eigenvalue weighted by Gasteiger charge is 2.41. The van der Waals surface area contributed by atoms with Crippen LogP contribution in [0.15, 0.2) is 18.2 Å².